The van der Waals surface area contributed by atoms with Crippen LogP contribution in [0.15, 0.2) is 36.8 Å². The van der Waals surface area contributed by atoms with E-state index in [2.05, 4.69) is 15.4 Å². The van der Waals surface area contributed by atoms with Gasteiger partial charge in [0.15, 0.2) is 5.82 Å². The van der Waals surface area contributed by atoms with Crippen molar-refractivity contribution in [2.75, 3.05) is 19.0 Å². The molecule has 0 radical (unpaired) electrons. The van der Waals surface area contributed by atoms with Crippen LogP contribution in [0.3, 0.4) is 0 Å². The van der Waals surface area contributed by atoms with E-state index < -0.39 is 6.10 Å². The first kappa shape index (κ1) is 19.3. The van der Waals surface area contributed by atoms with Gasteiger partial charge in [-0.3, -0.25) is 4.79 Å². The standard InChI is InChI=1S/C12H15N5O2.2ClH/c1-19-10(8-13)12(18)16-9-4-2-5-14-11(9)17-7-3-6-15-17;;/h2-7,10H,8,13H2,1H3,(H,16,18);2*1H. The van der Waals surface area contributed by atoms with Crippen molar-refractivity contribution in [1.82, 2.24) is 14.8 Å². The number of amides is 1. The molecule has 2 aromatic heterocycles. The topological polar surface area (TPSA) is 95.1 Å². The third kappa shape index (κ3) is 4.68. The van der Waals surface area contributed by atoms with Crippen molar-refractivity contribution < 1.29 is 9.53 Å². The average molecular weight is 334 g/mol. The summed E-state index contributed by atoms with van der Waals surface area (Å²) >= 11 is 0. The molecule has 3 N–H and O–H groups in total. The predicted molar refractivity (Wildman–Crippen MR) is 84.3 cm³/mol. The maximum atomic E-state index is 11.9. The fraction of sp³-hybridized carbons (Fsp3) is 0.250. The third-order valence-corrected chi connectivity index (χ3v) is 2.56. The second-order valence-electron chi connectivity index (χ2n) is 3.77. The summed E-state index contributed by atoms with van der Waals surface area (Å²) < 4.78 is 6.55. The number of nitrogens with zero attached hydrogens (tertiary/aromatic N) is 3. The second-order valence-corrected chi connectivity index (χ2v) is 3.77. The highest BCUT2D eigenvalue weighted by Crippen LogP contribution is 2.16. The molecule has 0 aliphatic heterocycles. The van der Waals surface area contributed by atoms with Gasteiger partial charge in [0.25, 0.3) is 5.91 Å². The summed E-state index contributed by atoms with van der Waals surface area (Å²) in [5.41, 5.74) is 6.00. The van der Waals surface area contributed by atoms with Gasteiger partial charge in [0.1, 0.15) is 6.10 Å². The zero-order valence-electron chi connectivity index (χ0n) is 11.3. The Bertz CT molecular complexity index is 546. The molecule has 0 aromatic carbocycles. The van der Waals surface area contributed by atoms with Crippen molar-refractivity contribution in [3.05, 3.63) is 36.8 Å². The molecular weight excluding hydrogens is 317 g/mol. The number of nitrogens with one attached hydrogen (secondary N) is 1. The Morgan fingerprint density at radius 1 is 1.43 bits per heavy atom. The zero-order valence-corrected chi connectivity index (χ0v) is 12.9. The van der Waals surface area contributed by atoms with E-state index >= 15 is 0 Å². The SMILES string of the molecule is COC(CN)C(=O)Nc1cccnc1-n1cccn1.Cl.Cl. The van der Waals surface area contributed by atoms with Gasteiger partial charge in [-0.25, -0.2) is 9.67 Å². The van der Waals surface area contributed by atoms with Gasteiger partial charge in [-0.05, 0) is 18.2 Å². The van der Waals surface area contributed by atoms with Crippen molar-refractivity contribution in [3.63, 3.8) is 0 Å². The number of hydrogen-bond acceptors (Lipinski definition) is 5. The Morgan fingerprint density at radius 3 is 2.76 bits per heavy atom. The number of methoxy groups -OCH3 is 1. The number of aromatic nitrogens is 3. The molecule has 0 saturated heterocycles. The molecule has 0 aliphatic carbocycles. The third-order valence-electron chi connectivity index (χ3n) is 2.56. The van der Waals surface area contributed by atoms with Crippen LogP contribution in [-0.4, -0.2) is 40.4 Å². The van der Waals surface area contributed by atoms with E-state index in [4.69, 9.17) is 10.5 Å². The number of ether oxygens (including phenoxy) is 1. The predicted octanol–water partition coefficient (Wildman–Crippen LogP) is 1.02. The fourth-order valence-corrected chi connectivity index (χ4v) is 1.59. The molecule has 0 bridgehead atoms. The lowest BCUT2D eigenvalue weighted by atomic mass is 10.3. The molecule has 9 heteroatoms. The van der Waals surface area contributed by atoms with Gasteiger partial charge in [0.05, 0.1) is 5.69 Å². The molecule has 2 rings (SSSR count). The van der Waals surface area contributed by atoms with Crippen LogP contribution in [0.25, 0.3) is 5.82 Å². The van der Waals surface area contributed by atoms with Gasteiger partial charge in [-0.2, -0.15) is 5.10 Å². The van der Waals surface area contributed by atoms with E-state index in [0.717, 1.165) is 0 Å². The van der Waals surface area contributed by atoms with Gasteiger partial charge in [0, 0.05) is 32.2 Å². The summed E-state index contributed by atoms with van der Waals surface area (Å²) in [6.07, 6.45) is 4.32. The Balaban J connectivity index is 0.00000200. The maximum absolute atomic E-state index is 11.9. The molecule has 2 aromatic rings. The largest absolute Gasteiger partial charge is 0.370 e. The summed E-state index contributed by atoms with van der Waals surface area (Å²) in [5.74, 6) is 0.221. The van der Waals surface area contributed by atoms with Gasteiger partial charge in [-0.1, -0.05) is 0 Å². The minimum absolute atomic E-state index is 0. The van der Waals surface area contributed by atoms with Crippen molar-refractivity contribution in [2.24, 2.45) is 5.73 Å². The van der Waals surface area contributed by atoms with Crippen LogP contribution < -0.4 is 11.1 Å². The Labute approximate surface area is 134 Å². The first-order valence-corrected chi connectivity index (χ1v) is 5.75. The summed E-state index contributed by atoms with van der Waals surface area (Å²) in [4.78, 5) is 16.1. The average Bonchev–Trinajstić information content (AvgIpc) is 2.94. The minimum atomic E-state index is -0.689. The molecule has 0 saturated carbocycles. The van der Waals surface area contributed by atoms with E-state index in [1.165, 1.54) is 7.11 Å². The highest BCUT2D eigenvalue weighted by Gasteiger charge is 2.17. The molecule has 1 atom stereocenters. The van der Waals surface area contributed by atoms with E-state index in [1.54, 1.807) is 41.5 Å². The van der Waals surface area contributed by atoms with E-state index in [9.17, 15) is 4.79 Å². The Kier molecular flexibility index (Phi) is 8.56. The lowest BCUT2D eigenvalue weighted by molar-refractivity contribution is -0.125. The van der Waals surface area contributed by atoms with Crippen molar-refractivity contribution in [2.45, 2.75) is 6.10 Å². The number of halogens is 2. The molecule has 1 amide bonds. The maximum Gasteiger partial charge on any atom is 0.254 e. The zero-order chi connectivity index (χ0) is 13.7. The van der Waals surface area contributed by atoms with Crippen LogP contribution in [0.1, 0.15) is 0 Å². The first-order valence-electron chi connectivity index (χ1n) is 5.75. The molecule has 0 fully saturated rings. The molecule has 0 spiro atoms. The lowest BCUT2D eigenvalue weighted by Gasteiger charge is -2.14. The van der Waals surface area contributed by atoms with Crippen LogP contribution in [0.5, 0.6) is 0 Å². The monoisotopic (exact) mass is 333 g/mol. The second kappa shape index (κ2) is 9.30. The van der Waals surface area contributed by atoms with Crippen LogP contribution >= 0.6 is 24.8 Å². The quantitative estimate of drug-likeness (QED) is 0.851. The van der Waals surface area contributed by atoms with E-state index in [-0.39, 0.29) is 37.3 Å². The Morgan fingerprint density at radius 2 is 2.19 bits per heavy atom. The number of rotatable bonds is 5. The highest BCUT2D eigenvalue weighted by atomic mass is 35.5. The molecule has 2 heterocycles. The van der Waals surface area contributed by atoms with Gasteiger partial charge in [-0.15, -0.1) is 24.8 Å². The molecule has 7 nitrogen and oxygen atoms in total. The Hall–Kier alpha value is -1.67. The van der Waals surface area contributed by atoms with Gasteiger partial charge < -0.3 is 15.8 Å². The summed E-state index contributed by atoms with van der Waals surface area (Å²) in [6, 6.07) is 5.25. The van der Waals surface area contributed by atoms with Crippen LogP contribution in [0.2, 0.25) is 0 Å². The lowest BCUT2D eigenvalue weighted by Crippen LogP contribution is -2.36. The fourth-order valence-electron chi connectivity index (χ4n) is 1.59. The summed E-state index contributed by atoms with van der Waals surface area (Å²) in [6.45, 7) is 0.111. The minimum Gasteiger partial charge on any atom is -0.370 e. The number of anilines is 1. The van der Waals surface area contributed by atoms with Crippen LogP contribution in [0, 0.1) is 0 Å². The van der Waals surface area contributed by atoms with Crippen molar-refractivity contribution in [3.8, 4) is 5.82 Å². The molecular formula is C12H17Cl2N5O2. The van der Waals surface area contributed by atoms with Crippen LogP contribution in [0.4, 0.5) is 5.69 Å². The number of pyridine rings is 1. The highest BCUT2D eigenvalue weighted by molar-refractivity contribution is 5.95. The normalized spacial score (nSPS) is 11.0. The molecule has 0 aliphatic rings. The van der Waals surface area contributed by atoms with Crippen molar-refractivity contribution in [1.29, 1.82) is 0 Å². The number of nitrogens with two attached hydrogens (primary N) is 1. The first-order chi connectivity index (χ1) is 9.26. The van der Waals surface area contributed by atoms with Gasteiger partial charge in [0.2, 0.25) is 0 Å². The van der Waals surface area contributed by atoms with Gasteiger partial charge >= 0.3 is 0 Å². The smallest absolute Gasteiger partial charge is 0.254 e. The van der Waals surface area contributed by atoms with Crippen LogP contribution in [-0.2, 0) is 9.53 Å². The summed E-state index contributed by atoms with van der Waals surface area (Å²) in [5, 5.41) is 6.82. The van der Waals surface area contributed by atoms with Crippen molar-refractivity contribution >= 4 is 36.4 Å². The number of carbonyl (C=O) groups is 1. The van der Waals surface area contributed by atoms with E-state index in [1.807, 2.05) is 0 Å². The molecule has 1 unspecified atom stereocenters. The summed E-state index contributed by atoms with van der Waals surface area (Å²) in [7, 11) is 1.44. The number of carbonyl (C=O) groups excluding carboxylic acids is 1. The molecule has 116 valence electrons. The van der Waals surface area contributed by atoms with E-state index in [0.29, 0.717) is 11.5 Å². The number of hydrogen-bond donors (Lipinski definition) is 2. The molecule has 21 heavy (non-hydrogen) atoms.